The third-order valence-corrected chi connectivity index (χ3v) is 7.33. The van der Waals surface area contributed by atoms with Gasteiger partial charge < -0.3 is 20.1 Å². The van der Waals surface area contributed by atoms with Crippen molar-refractivity contribution in [3.8, 4) is 0 Å². The maximum absolute atomic E-state index is 14.2. The van der Waals surface area contributed by atoms with Gasteiger partial charge in [-0.15, -0.1) is 0 Å². The average Bonchev–Trinajstić information content (AvgIpc) is 3.03. The first-order valence-corrected chi connectivity index (χ1v) is 13.1. The number of nitrogens with one attached hydrogen (secondary N) is 2. The highest BCUT2D eigenvalue weighted by atomic mass is 16.5. The third-order valence-electron chi connectivity index (χ3n) is 7.33. The Morgan fingerprint density at radius 1 is 1.11 bits per heavy atom. The first kappa shape index (κ1) is 25.6. The summed E-state index contributed by atoms with van der Waals surface area (Å²) in [7, 11) is 3.54. The molecule has 4 aromatic rings. The molecule has 200 valence electrons. The Hall–Kier alpha value is -4.05. The number of benzene rings is 1. The lowest BCUT2D eigenvalue weighted by atomic mass is 10.1. The third kappa shape index (κ3) is 4.34. The van der Waals surface area contributed by atoms with Gasteiger partial charge in [0.15, 0.2) is 0 Å². The van der Waals surface area contributed by atoms with Crippen molar-refractivity contribution in [1.29, 1.82) is 0 Å². The fourth-order valence-electron chi connectivity index (χ4n) is 5.41. The minimum Gasteiger partial charge on any atom is -0.383 e. The molecule has 0 aliphatic carbocycles. The Labute approximate surface area is 221 Å². The number of allylic oxidation sites excluding steroid dienone is 2. The second-order valence-electron chi connectivity index (χ2n) is 10.1. The van der Waals surface area contributed by atoms with Crippen LogP contribution in [0.5, 0.6) is 0 Å². The number of hydrogen-bond acceptors (Lipinski definition) is 6. The van der Waals surface area contributed by atoms with Crippen molar-refractivity contribution in [1.82, 2.24) is 19.0 Å². The molecule has 10 heteroatoms. The molecule has 1 aromatic carbocycles. The van der Waals surface area contributed by atoms with Gasteiger partial charge in [-0.2, -0.15) is 0 Å². The summed E-state index contributed by atoms with van der Waals surface area (Å²) in [5.41, 5.74) is 2.62. The van der Waals surface area contributed by atoms with Crippen LogP contribution in [-0.2, 0) is 20.1 Å². The van der Waals surface area contributed by atoms with E-state index in [0.717, 1.165) is 65.2 Å². The lowest BCUT2D eigenvalue weighted by Gasteiger charge is -2.25. The zero-order valence-electron chi connectivity index (χ0n) is 22.5. The predicted molar refractivity (Wildman–Crippen MR) is 151 cm³/mol. The standard InChI is InChI=1S/C28H36N7O3/c1-19(2)10-15-33-25-24(23(29-3)26(33)32-14-7-12-30-13-17-32)31(4)28(37)34(27(25)36)18-22-21-9-6-5-8-20(21)11-16-35(22)38/h5-6,8-11,16,29-30,38H,7,12-15,17-18H2,1-4H3/q+1. The molecule has 10 nitrogen and oxygen atoms in total. The van der Waals surface area contributed by atoms with Crippen LogP contribution in [0.25, 0.3) is 21.8 Å². The van der Waals surface area contributed by atoms with Crippen LogP contribution in [0.3, 0.4) is 0 Å². The molecule has 0 bridgehead atoms. The molecule has 0 amide bonds. The Morgan fingerprint density at radius 2 is 1.89 bits per heavy atom. The molecule has 3 aromatic heterocycles. The van der Waals surface area contributed by atoms with Gasteiger partial charge in [-0.1, -0.05) is 29.8 Å². The van der Waals surface area contributed by atoms with Crippen molar-refractivity contribution in [2.75, 3.05) is 43.4 Å². The number of anilines is 2. The largest absolute Gasteiger partial charge is 0.383 e. The highest BCUT2D eigenvalue weighted by molar-refractivity contribution is 5.98. The zero-order valence-corrected chi connectivity index (χ0v) is 22.5. The molecule has 1 aliphatic heterocycles. The van der Waals surface area contributed by atoms with Gasteiger partial charge in [0.05, 0.1) is 5.39 Å². The lowest BCUT2D eigenvalue weighted by molar-refractivity contribution is -0.908. The summed E-state index contributed by atoms with van der Waals surface area (Å²) in [5, 5.41) is 19.1. The van der Waals surface area contributed by atoms with Crippen LogP contribution in [0.1, 0.15) is 26.0 Å². The number of aromatic nitrogens is 4. The molecule has 4 heterocycles. The van der Waals surface area contributed by atoms with Gasteiger partial charge in [-0.25, -0.2) is 9.36 Å². The Balaban J connectivity index is 1.80. The zero-order chi connectivity index (χ0) is 27.0. The second kappa shape index (κ2) is 10.4. The quantitative estimate of drug-likeness (QED) is 0.205. The molecular formula is C28H36N7O3+. The van der Waals surface area contributed by atoms with Crippen LogP contribution in [-0.4, -0.2) is 52.1 Å². The number of hydrogen-bond donors (Lipinski definition) is 3. The summed E-state index contributed by atoms with van der Waals surface area (Å²) in [6.45, 7) is 7.93. The second-order valence-corrected chi connectivity index (χ2v) is 10.1. The summed E-state index contributed by atoms with van der Waals surface area (Å²) in [6, 6.07) is 9.42. The molecule has 0 atom stereocenters. The van der Waals surface area contributed by atoms with Crippen LogP contribution in [0.2, 0.25) is 0 Å². The van der Waals surface area contributed by atoms with Crippen LogP contribution >= 0.6 is 0 Å². The van der Waals surface area contributed by atoms with Crippen molar-refractivity contribution < 1.29 is 9.94 Å². The van der Waals surface area contributed by atoms with Crippen LogP contribution in [0, 0.1) is 0 Å². The normalized spacial score (nSPS) is 14.2. The monoisotopic (exact) mass is 518 g/mol. The minimum absolute atomic E-state index is 0.0645. The maximum atomic E-state index is 14.2. The van der Waals surface area contributed by atoms with E-state index < -0.39 is 5.69 Å². The van der Waals surface area contributed by atoms with Crippen molar-refractivity contribution in [2.24, 2.45) is 7.05 Å². The molecule has 1 fully saturated rings. The SMILES string of the molecule is CNc1c(N2CCCNCC2)n(CC=C(C)C)c2c(=O)n(Cc3c4ccccc4cc[n+]3O)c(=O)n(C)c12. The van der Waals surface area contributed by atoms with Gasteiger partial charge in [0, 0.05) is 51.1 Å². The fourth-order valence-corrected chi connectivity index (χ4v) is 5.41. The summed E-state index contributed by atoms with van der Waals surface area (Å²) >= 11 is 0. The Bertz CT molecular complexity index is 1650. The van der Waals surface area contributed by atoms with Crippen molar-refractivity contribution in [3.05, 3.63) is 74.7 Å². The van der Waals surface area contributed by atoms with Crippen LogP contribution < -0.4 is 31.5 Å². The lowest BCUT2D eigenvalue weighted by Crippen LogP contribution is -2.44. The van der Waals surface area contributed by atoms with Gasteiger partial charge in [0.1, 0.15) is 29.1 Å². The van der Waals surface area contributed by atoms with E-state index in [1.54, 1.807) is 17.7 Å². The van der Waals surface area contributed by atoms with E-state index in [-0.39, 0.29) is 12.1 Å². The molecule has 0 saturated carbocycles. The Morgan fingerprint density at radius 3 is 2.66 bits per heavy atom. The first-order valence-electron chi connectivity index (χ1n) is 13.1. The molecule has 38 heavy (non-hydrogen) atoms. The van der Waals surface area contributed by atoms with Crippen LogP contribution in [0.4, 0.5) is 11.5 Å². The van der Waals surface area contributed by atoms with Gasteiger partial charge in [0.2, 0.25) is 6.20 Å². The number of rotatable bonds is 6. The molecule has 0 unspecified atom stereocenters. The van der Waals surface area contributed by atoms with Crippen LogP contribution in [0.15, 0.2) is 57.8 Å². The van der Waals surface area contributed by atoms with Gasteiger partial charge in [-0.3, -0.25) is 14.6 Å². The van der Waals surface area contributed by atoms with E-state index in [4.69, 9.17) is 0 Å². The number of aryl methyl sites for hydroxylation is 1. The van der Waals surface area contributed by atoms with Gasteiger partial charge in [0.25, 0.3) is 11.3 Å². The molecule has 0 spiro atoms. The topological polar surface area (TPSA) is 100 Å². The van der Waals surface area contributed by atoms with Gasteiger partial charge in [-0.05, 0) is 38.3 Å². The average molecular weight is 519 g/mol. The smallest absolute Gasteiger partial charge is 0.331 e. The highest BCUT2D eigenvalue weighted by Crippen LogP contribution is 2.36. The van der Waals surface area contributed by atoms with E-state index in [2.05, 4.69) is 21.6 Å². The number of pyridine rings is 1. The van der Waals surface area contributed by atoms with Gasteiger partial charge >= 0.3 is 5.69 Å². The van der Waals surface area contributed by atoms with Crippen molar-refractivity contribution >= 4 is 33.3 Å². The van der Waals surface area contributed by atoms with E-state index in [9.17, 15) is 14.8 Å². The molecule has 0 radical (unpaired) electrons. The van der Waals surface area contributed by atoms with E-state index >= 15 is 0 Å². The maximum Gasteiger partial charge on any atom is 0.331 e. The summed E-state index contributed by atoms with van der Waals surface area (Å²) < 4.78 is 5.81. The Kier molecular flexibility index (Phi) is 6.98. The summed E-state index contributed by atoms with van der Waals surface area (Å²) in [6.07, 6.45) is 4.61. The number of fused-ring (bicyclic) bond motifs is 2. The van der Waals surface area contributed by atoms with Crippen molar-refractivity contribution in [2.45, 2.75) is 33.4 Å². The molecule has 1 aliphatic rings. The summed E-state index contributed by atoms with van der Waals surface area (Å²) in [4.78, 5) is 30.2. The fraction of sp³-hybridized carbons (Fsp3) is 0.393. The predicted octanol–water partition coefficient (Wildman–Crippen LogP) is 2.04. The minimum atomic E-state index is -0.435. The summed E-state index contributed by atoms with van der Waals surface area (Å²) in [5.74, 6) is 0.913. The molecular weight excluding hydrogens is 482 g/mol. The van der Waals surface area contributed by atoms with Crippen molar-refractivity contribution in [3.63, 3.8) is 0 Å². The highest BCUT2D eigenvalue weighted by Gasteiger charge is 2.28. The van der Waals surface area contributed by atoms with E-state index in [0.29, 0.717) is 23.3 Å². The molecule has 3 N–H and O–H groups in total. The molecule has 1 saturated heterocycles. The van der Waals surface area contributed by atoms with E-state index in [1.165, 1.54) is 10.8 Å². The van der Waals surface area contributed by atoms with E-state index in [1.807, 2.05) is 49.7 Å². The molecule has 5 rings (SSSR count). The number of nitrogens with zero attached hydrogens (tertiary/aromatic N) is 5. The first-order chi connectivity index (χ1) is 18.3.